The summed E-state index contributed by atoms with van der Waals surface area (Å²) in [4.78, 5) is 2.35. The summed E-state index contributed by atoms with van der Waals surface area (Å²) in [7, 11) is 0. The van der Waals surface area contributed by atoms with Crippen LogP contribution in [0.15, 0.2) is 12.7 Å². The zero-order chi connectivity index (χ0) is 10.9. The molecule has 0 spiro atoms. The summed E-state index contributed by atoms with van der Waals surface area (Å²) in [5.74, 6) is 0. The molecule has 1 saturated heterocycles. The summed E-state index contributed by atoms with van der Waals surface area (Å²) in [6, 6.07) is 0.639. The van der Waals surface area contributed by atoms with Crippen LogP contribution in [0.1, 0.15) is 25.7 Å². The van der Waals surface area contributed by atoms with Crippen molar-refractivity contribution in [3.8, 4) is 0 Å². The quantitative estimate of drug-likeness (QED) is 0.465. The fourth-order valence-corrected chi connectivity index (χ4v) is 2.12. The summed E-state index contributed by atoms with van der Waals surface area (Å²) in [5, 5.41) is 12.5. The zero-order valence-electron chi connectivity index (χ0n) is 9.62. The third kappa shape index (κ3) is 5.30. The number of aliphatic hydroxyl groups excluding tert-OH is 1. The molecule has 3 heteroatoms. The molecule has 15 heavy (non-hydrogen) atoms. The third-order valence-corrected chi connectivity index (χ3v) is 2.94. The van der Waals surface area contributed by atoms with E-state index in [1.54, 1.807) is 0 Å². The third-order valence-electron chi connectivity index (χ3n) is 2.94. The van der Waals surface area contributed by atoms with E-state index in [1.165, 1.54) is 12.8 Å². The Hall–Kier alpha value is -0.380. The van der Waals surface area contributed by atoms with Crippen molar-refractivity contribution >= 4 is 0 Å². The molecule has 0 saturated carbocycles. The van der Waals surface area contributed by atoms with E-state index in [4.69, 9.17) is 5.11 Å². The topological polar surface area (TPSA) is 35.5 Å². The number of hydrogen-bond donors (Lipinski definition) is 2. The number of rotatable bonds is 8. The Labute approximate surface area is 93.2 Å². The first-order chi connectivity index (χ1) is 7.36. The SMILES string of the molecule is C=CCCCN(CCO)CC1CCCN1. The maximum Gasteiger partial charge on any atom is 0.0558 e. The molecule has 3 nitrogen and oxygen atoms in total. The fraction of sp³-hybridized carbons (Fsp3) is 0.833. The highest BCUT2D eigenvalue weighted by molar-refractivity contribution is 4.78. The number of hydrogen-bond acceptors (Lipinski definition) is 3. The minimum atomic E-state index is 0.265. The van der Waals surface area contributed by atoms with Gasteiger partial charge in [-0.15, -0.1) is 6.58 Å². The van der Waals surface area contributed by atoms with Crippen molar-refractivity contribution in [3.63, 3.8) is 0 Å². The average Bonchev–Trinajstić information content (AvgIpc) is 2.71. The predicted octanol–water partition coefficient (Wildman–Crippen LogP) is 0.999. The molecule has 0 aromatic heterocycles. The fourth-order valence-electron chi connectivity index (χ4n) is 2.12. The standard InChI is InChI=1S/C12H24N2O/c1-2-3-4-8-14(9-10-15)11-12-6-5-7-13-12/h2,12-13,15H,1,3-11H2. The Balaban J connectivity index is 2.18. The smallest absolute Gasteiger partial charge is 0.0558 e. The minimum absolute atomic E-state index is 0.265. The second-order valence-electron chi connectivity index (χ2n) is 4.25. The van der Waals surface area contributed by atoms with E-state index < -0.39 is 0 Å². The van der Waals surface area contributed by atoms with Gasteiger partial charge < -0.3 is 10.4 Å². The van der Waals surface area contributed by atoms with Crippen molar-refractivity contribution in [2.75, 3.05) is 32.8 Å². The second kappa shape index (κ2) is 7.85. The lowest BCUT2D eigenvalue weighted by Gasteiger charge is -2.24. The molecule has 88 valence electrons. The highest BCUT2D eigenvalue weighted by Crippen LogP contribution is 2.07. The molecular formula is C12H24N2O. The zero-order valence-corrected chi connectivity index (χ0v) is 9.62. The van der Waals surface area contributed by atoms with Crippen LogP contribution in [0.2, 0.25) is 0 Å². The Morgan fingerprint density at radius 3 is 2.93 bits per heavy atom. The van der Waals surface area contributed by atoms with Gasteiger partial charge in [0.25, 0.3) is 0 Å². The van der Waals surface area contributed by atoms with E-state index >= 15 is 0 Å². The Morgan fingerprint density at radius 1 is 1.47 bits per heavy atom. The van der Waals surface area contributed by atoms with E-state index in [9.17, 15) is 0 Å². The highest BCUT2D eigenvalue weighted by Gasteiger charge is 2.16. The van der Waals surface area contributed by atoms with Gasteiger partial charge in [-0.25, -0.2) is 0 Å². The van der Waals surface area contributed by atoms with Crippen LogP contribution in [0, 0.1) is 0 Å². The maximum absolute atomic E-state index is 8.98. The van der Waals surface area contributed by atoms with Crippen LogP contribution >= 0.6 is 0 Å². The van der Waals surface area contributed by atoms with Crippen LogP contribution < -0.4 is 5.32 Å². The monoisotopic (exact) mass is 212 g/mol. The Morgan fingerprint density at radius 2 is 2.33 bits per heavy atom. The van der Waals surface area contributed by atoms with Crippen LogP contribution in [-0.4, -0.2) is 48.8 Å². The van der Waals surface area contributed by atoms with Crippen molar-refractivity contribution in [1.29, 1.82) is 0 Å². The van der Waals surface area contributed by atoms with Gasteiger partial charge in [-0.3, -0.25) is 4.90 Å². The van der Waals surface area contributed by atoms with Gasteiger partial charge in [0.1, 0.15) is 0 Å². The molecule has 0 aromatic carbocycles. The lowest BCUT2D eigenvalue weighted by atomic mass is 10.2. The molecule has 1 fully saturated rings. The molecule has 0 amide bonds. The van der Waals surface area contributed by atoms with Gasteiger partial charge in [-0.1, -0.05) is 6.08 Å². The minimum Gasteiger partial charge on any atom is -0.395 e. The molecule has 1 atom stereocenters. The first-order valence-electron chi connectivity index (χ1n) is 6.04. The van der Waals surface area contributed by atoms with Gasteiger partial charge >= 0.3 is 0 Å². The molecule has 0 bridgehead atoms. The normalized spacial score (nSPS) is 21.1. The number of nitrogens with zero attached hydrogens (tertiary/aromatic N) is 1. The number of allylic oxidation sites excluding steroid dienone is 1. The van der Waals surface area contributed by atoms with Gasteiger partial charge in [-0.05, 0) is 38.8 Å². The van der Waals surface area contributed by atoms with Crippen molar-refractivity contribution in [2.45, 2.75) is 31.7 Å². The van der Waals surface area contributed by atoms with Gasteiger partial charge in [0.05, 0.1) is 6.61 Å². The van der Waals surface area contributed by atoms with Crippen LogP contribution in [0.25, 0.3) is 0 Å². The van der Waals surface area contributed by atoms with E-state index in [0.717, 1.165) is 39.0 Å². The number of nitrogens with one attached hydrogen (secondary N) is 1. The maximum atomic E-state index is 8.98. The summed E-state index contributed by atoms with van der Waals surface area (Å²) < 4.78 is 0. The molecule has 1 heterocycles. The number of aliphatic hydroxyl groups is 1. The molecule has 0 radical (unpaired) electrons. The summed E-state index contributed by atoms with van der Waals surface area (Å²) >= 11 is 0. The van der Waals surface area contributed by atoms with Crippen LogP contribution in [0.5, 0.6) is 0 Å². The van der Waals surface area contributed by atoms with Crippen molar-refractivity contribution in [1.82, 2.24) is 10.2 Å². The number of unbranched alkanes of at least 4 members (excludes halogenated alkanes) is 1. The Kier molecular flexibility index (Phi) is 6.64. The highest BCUT2D eigenvalue weighted by atomic mass is 16.3. The van der Waals surface area contributed by atoms with Crippen LogP contribution in [-0.2, 0) is 0 Å². The molecule has 0 aromatic rings. The van der Waals surface area contributed by atoms with Crippen molar-refractivity contribution < 1.29 is 5.11 Å². The molecule has 0 aliphatic carbocycles. The molecule has 1 aliphatic rings. The van der Waals surface area contributed by atoms with Crippen LogP contribution in [0.4, 0.5) is 0 Å². The largest absolute Gasteiger partial charge is 0.395 e. The van der Waals surface area contributed by atoms with Gasteiger partial charge in [0, 0.05) is 19.1 Å². The van der Waals surface area contributed by atoms with E-state index in [-0.39, 0.29) is 6.61 Å². The molecule has 1 rings (SSSR count). The predicted molar refractivity (Wildman–Crippen MR) is 64.0 cm³/mol. The van der Waals surface area contributed by atoms with Crippen molar-refractivity contribution in [3.05, 3.63) is 12.7 Å². The Bertz CT molecular complexity index is 167. The molecular weight excluding hydrogens is 188 g/mol. The summed E-state index contributed by atoms with van der Waals surface area (Å²) in [6.45, 7) is 8.10. The molecule has 1 aliphatic heterocycles. The van der Waals surface area contributed by atoms with E-state index in [0.29, 0.717) is 6.04 Å². The summed E-state index contributed by atoms with van der Waals surface area (Å²) in [6.07, 6.45) is 6.76. The van der Waals surface area contributed by atoms with Crippen LogP contribution in [0.3, 0.4) is 0 Å². The lowest BCUT2D eigenvalue weighted by Crippen LogP contribution is -2.39. The van der Waals surface area contributed by atoms with E-state index in [1.807, 2.05) is 6.08 Å². The molecule has 1 unspecified atom stereocenters. The van der Waals surface area contributed by atoms with Crippen molar-refractivity contribution in [2.24, 2.45) is 0 Å². The van der Waals surface area contributed by atoms with Gasteiger partial charge in [-0.2, -0.15) is 0 Å². The average molecular weight is 212 g/mol. The first kappa shape index (κ1) is 12.7. The summed E-state index contributed by atoms with van der Waals surface area (Å²) in [5.41, 5.74) is 0. The van der Waals surface area contributed by atoms with E-state index in [2.05, 4.69) is 16.8 Å². The van der Waals surface area contributed by atoms with Gasteiger partial charge in [0.2, 0.25) is 0 Å². The first-order valence-corrected chi connectivity index (χ1v) is 6.04. The molecule has 2 N–H and O–H groups in total. The lowest BCUT2D eigenvalue weighted by molar-refractivity contribution is 0.184. The second-order valence-corrected chi connectivity index (χ2v) is 4.25. The van der Waals surface area contributed by atoms with Gasteiger partial charge in [0.15, 0.2) is 0 Å².